The van der Waals surface area contributed by atoms with E-state index in [-0.39, 0.29) is 69.2 Å². The minimum Gasteiger partial charge on any atom is -0.497 e. The summed E-state index contributed by atoms with van der Waals surface area (Å²) in [5, 5.41) is 5.65. The number of nitrogens with one attached hydrogen (secondary N) is 2. The molecule has 9 nitrogen and oxygen atoms in total. The minimum absolute atomic E-state index is 0. The van der Waals surface area contributed by atoms with Crippen LogP contribution in [0.25, 0.3) is 0 Å². The molecule has 1 atom stereocenters. The van der Waals surface area contributed by atoms with E-state index in [4.69, 9.17) is 23.7 Å². The van der Waals surface area contributed by atoms with Crippen LogP contribution in [-0.4, -0.2) is 84.4 Å². The van der Waals surface area contributed by atoms with Crippen molar-refractivity contribution in [2.24, 2.45) is 0 Å². The first-order valence-corrected chi connectivity index (χ1v) is 12.4. The van der Waals surface area contributed by atoms with Crippen molar-refractivity contribution in [2.75, 3.05) is 66.5 Å². The summed E-state index contributed by atoms with van der Waals surface area (Å²) in [5.74, 6) is 0.819. The smallest absolute Gasteiger partial charge is 0.497 e. The van der Waals surface area contributed by atoms with Crippen LogP contribution in [0.2, 0.25) is 0 Å². The average Bonchev–Trinajstić information content (AvgIpc) is 2.86. The van der Waals surface area contributed by atoms with Crippen LogP contribution in [0.1, 0.15) is 38.2 Å². The molecule has 0 aliphatic heterocycles. The standard InChI is InChI=1S/C26H43N2O7.K/c1-4-22(2)28-26(30)12-14-32-16-18-34-20-21-35-19-17-33-15-13-27-25(29)7-5-6-23-8-10-24(31-3)11-9-23;/h8-11,22H,2,4-7,12-21H2,1,3H3,(H,27,29)(H,28,30);/q-1;+1. The van der Waals surface area contributed by atoms with Crippen molar-refractivity contribution < 1.29 is 84.7 Å². The molecule has 0 saturated carbocycles. The molecular formula is C26H43KN2O7. The van der Waals surface area contributed by atoms with E-state index in [1.54, 1.807) is 7.11 Å². The minimum atomic E-state index is -0.0520. The first-order valence-electron chi connectivity index (χ1n) is 12.4. The van der Waals surface area contributed by atoms with Gasteiger partial charge in [0.25, 0.3) is 0 Å². The third-order valence-electron chi connectivity index (χ3n) is 5.04. The van der Waals surface area contributed by atoms with Gasteiger partial charge in [-0.2, -0.15) is 0 Å². The van der Waals surface area contributed by atoms with E-state index in [1.807, 2.05) is 31.2 Å². The summed E-state index contributed by atoms with van der Waals surface area (Å²) in [6, 6.07) is 7.84. The maximum absolute atomic E-state index is 11.9. The molecule has 2 N–H and O–H groups in total. The number of benzene rings is 1. The Morgan fingerprint density at radius 3 is 1.94 bits per heavy atom. The van der Waals surface area contributed by atoms with Gasteiger partial charge < -0.3 is 41.2 Å². The van der Waals surface area contributed by atoms with Crippen LogP contribution >= 0.6 is 0 Å². The molecule has 0 aliphatic carbocycles. The molecule has 10 heteroatoms. The van der Waals surface area contributed by atoms with E-state index < -0.39 is 0 Å². The second-order valence-electron chi connectivity index (χ2n) is 7.92. The quantitative estimate of drug-likeness (QED) is 0.115. The number of hydrogen-bond donors (Lipinski definition) is 2. The summed E-state index contributed by atoms with van der Waals surface area (Å²) >= 11 is 0. The van der Waals surface area contributed by atoms with Gasteiger partial charge in [-0.1, -0.05) is 31.5 Å². The van der Waals surface area contributed by atoms with E-state index in [1.165, 1.54) is 5.56 Å². The Hall–Kier alpha value is -0.564. The van der Waals surface area contributed by atoms with Crippen LogP contribution in [0.5, 0.6) is 5.75 Å². The Labute approximate surface area is 259 Å². The first-order chi connectivity index (χ1) is 17.0. The summed E-state index contributed by atoms with van der Waals surface area (Å²) < 4.78 is 26.8. The second-order valence-corrected chi connectivity index (χ2v) is 7.92. The molecule has 0 aliphatic rings. The van der Waals surface area contributed by atoms with Gasteiger partial charge in [-0.3, -0.25) is 9.59 Å². The van der Waals surface area contributed by atoms with Gasteiger partial charge in [0.1, 0.15) is 5.75 Å². The zero-order chi connectivity index (χ0) is 25.6. The van der Waals surface area contributed by atoms with Crippen molar-refractivity contribution in [1.29, 1.82) is 0 Å². The Morgan fingerprint density at radius 1 is 0.833 bits per heavy atom. The Kier molecular flexibility index (Phi) is 24.4. The molecule has 0 saturated heterocycles. The fourth-order valence-electron chi connectivity index (χ4n) is 2.92. The van der Waals surface area contributed by atoms with Crippen molar-refractivity contribution in [3.05, 3.63) is 36.8 Å². The molecule has 1 aromatic carbocycles. The van der Waals surface area contributed by atoms with Crippen molar-refractivity contribution >= 4 is 11.8 Å². The molecule has 0 fully saturated rings. The number of amides is 2. The summed E-state index contributed by atoms with van der Waals surface area (Å²) in [7, 11) is 1.64. The molecule has 0 bridgehead atoms. The Bertz CT molecular complexity index is 677. The van der Waals surface area contributed by atoms with E-state index in [0.29, 0.717) is 72.2 Å². The van der Waals surface area contributed by atoms with Gasteiger partial charge in [0.2, 0.25) is 11.8 Å². The topological polar surface area (TPSA) is 104 Å². The number of hydrogen-bond acceptors (Lipinski definition) is 7. The molecule has 0 heterocycles. The Morgan fingerprint density at radius 2 is 1.39 bits per heavy atom. The number of methoxy groups -OCH3 is 1. The summed E-state index contributed by atoms with van der Waals surface area (Å²) in [4.78, 5) is 23.4. The van der Waals surface area contributed by atoms with E-state index in [9.17, 15) is 9.59 Å². The van der Waals surface area contributed by atoms with Crippen LogP contribution in [0.3, 0.4) is 0 Å². The molecule has 2 amide bonds. The van der Waals surface area contributed by atoms with Crippen molar-refractivity contribution in [2.45, 2.75) is 45.1 Å². The zero-order valence-electron chi connectivity index (χ0n) is 22.4. The molecule has 1 rings (SSSR count). The number of aryl methyl sites for hydroxylation is 1. The van der Waals surface area contributed by atoms with Crippen molar-refractivity contribution in [1.82, 2.24) is 10.6 Å². The van der Waals surface area contributed by atoms with Gasteiger partial charge in [-0.05, 0) is 30.5 Å². The molecule has 36 heavy (non-hydrogen) atoms. The van der Waals surface area contributed by atoms with Gasteiger partial charge in [0.05, 0.1) is 60.0 Å². The van der Waals surface area contributed by atoms with E-state index >= 15 is 0 Å². The zero-order valence-corrected chi connectivity index (χ0v) is 25.5. The predicted molar refractivity (Wildman–Crippen MR) is 134 cm³/mol. The SMILES string of the molecule is [CH2-]C(CC)NC(=O)CCOCCOCCOCCOCCNC(=O)CCCc1ccc(OC)cc1.[K+]. The number of carbonyl (C=O) groups excluding carboxylic acids is 2. The van der Waals surface area contributed by atoms with Gasteiger partial charge in [0.15, 0.2) is 0 Å². The normalized spacial score (nSPS) is 11.4. The summed E-state index contributed by atoms with van der Waals surface area (Å²) in [6.45, 7) is 9.84. The van der Waals surface area contributed by atoms with Gasteiger partial charge in [-0.25, -0.2) is 0 Å². The average molecular weight is 535 g/mol. The number of carbonyl (C=O) groups is 2. The van der Waals surface area contributed by atoms with Crippen molar-refractivity contribution in [3.63, 3.8) is 0 Å². The van der Waals surface area contributed by atoms with Crippen LogP contribution in [0, 0.1) is 6.92 Å². The largest absolute Gasteiger partial charge is 1.00 e. The maximum atomic E-state index is 11.9. The molecule has 200 valence electrons. The predicted octanol–water partition coefficient (Wildman–Crippen LogP) is -0.677. The third-order valence-corrected chi connectivity index (χ3v) is 5.04. The van der Waals surface area contributed by atoms with E-state index in [2.05, 4.69) is 17.6 Å². The van der Waals surface area contributed by atoms with Gasteiger partial charge >= 0.3 is 51.4 Å². The number of rotatable bonds is 22. The number of ether oxygens (including phenoxy) is 5. The van der Waals surface area contributed by atoms with Crippen LogP contribution in [0.15, 0.2) is 24.3 Å². The maximum Gasteiger partial charge on any atom is 1.00 e. The second kappa shape index (κ2) is 24.8. The molecule has 0 aromatic heterocycles. The van der Waals surface area contributed by atoms with Crippen LogP contribution < -0.4 is 66.8 Å². The monoisotopic (exact) mass is 534 g/mol. The summed E-state index contributed by atoms with van der Waals surface area (Å²) in [5.41, 5.74) is 1.19. The molecule has 1 unspecified atom stereocenters. The van der Waals surface area contributed by atoms with E-state index in [0.717, 1.165) is 25.0 Å². The molecular weight excluding hydrogens is 491 g/mol. The molecule has 1 aromatic rings. The third kappa shape index (κ3) is 20.5. The summed E-state index contributed by atoms with van der Waals surface area (Å²) in [6.07, 6.45) is 3.28. The Balaban J connectivity index is 0.0000122. The first kappa shape index (κ1) is 35.4. The van der Waals surface area contributed by atoms with Crippen molar-refractivity contribution in [3.8, 4) is 5.75 Å². The fourth-order valence-corrected chi connectivity index (χ4v) is 2.92. The molecule has 0 radical (unpaired) electrons. The van der Waals surface area contributed by atoms with Crippen LogP contribution in [0.4, 0.5) is 0 Å². The fraction of sp³-hybridized carbons (Fsp3) is 0.654. The van der Waals surface area contributed by atoms with Crippen LogP contribution in [-0.2, 0) is 35.0 Å². The van der Waals surface area contributed by atoms with Gasteiger partial charge in [0, 0.05) is 19.4 Å². The van der Waals surface area contributed by atoms with Gasteiger partial charge in [-0.15, -0.1) is 0 Å². The molecule has 0 spiro atoms.